The van der Waals surface area contributed by atoms with Gasteiger partial charge in [-0.2, -0.15) is 0 Å². The van der Waals surface area contributed by atoms with Gasteiger partial charge >= 0.3 is 0 Å². The molecule has 3 nitrogen and oxygen atoms in total. The molecule has 1 rings (SSSR count). The summed E-state index contributed by atoms with van der Waals surface area (Å²) in [5.41, 5.74) is 0.799. The maximum atomic E-state index is 12.1. The van der Waals surface area contributed by atoms with Gasteiger partial charge in [0, 0.05) is 11.8 Å². The summed E-state index contributed by atoms with van der Waals surface area (Å²) in [6.45, 7) is 2.99. The highest BCUT2D eigenvalue weighted by molar-refractivity contribution is 6.12. The Bertz CT molecular complexity index is 277. The van der Waals surface area contributed by atoms with Crippen molar-refractivity contribution >= 4 is 11.8 Å². The molecule has 5 heteroatoms. The minimum absolute atomic E-state index is 0.0750. The Hall–Kier alpha value is -1.26. The van der Waals surface area contributed by atoms with Crippen molar-refractivity contribution in [1.82, 2.24) is 4.64 Å². The maximum Gasteiger partial charge on any atom is 0.118 e. The van der Waals surface area contributed by atoms with Crippen molar-refractivity contribution in [3.8, 4) is 5.75 Å². The number of halogens is 2. The van der Waals surface area contributed by atoms with Crippen LogP contribution in [0.15, 0.2) is 37.1 Å². The molecule has 0 amide bonds. The largest absolute Gasteiger partial charge is 0.516 e. The van der Waals surface area contributed by atoms with E-state index >= 15 is 0 Å². The Balaban J connectivity index is 0.000000583. The molecule has 0 saturated carbocycles. The Labute approximate surface area is 93.4 Å². The summed E-state index contributed by atoms with van der Waals surface area (Å²) in [6, 6.07) is 7.03. The van der Waals surface area contributed by atoms with Crippen LogP contribution >= 0.6 is 11.8 Å². The van der Waals surface area contributed by atoms with Gasteiger partial charge in [-0.1, -0.05) is 23.4 Å². The Kier molecular flexibility index (Phi) is 7.40. The molecule has 0 unspecified atom stereocenters. The minimum atomic E-state index is 0.0750. The van der Waals surface area contributed by atoms with E-state index in [-0.39, 0.29) is 11.2 Å². The van der Waals surface area contributed by atoms with Crippen molar-refractivity contribution in [1.29, 1.82) is 0 Å². The van der Waals surface area contributed by atoms with Crippen LogP contribution in [0.2, 0.25) is 0 Å². The summed E-state index contributed by atoms with van der Waals surface area (Å²) < 4.78 is 17.2. The van der Waals surface area contributed by atoms with E-state index in [0.29, 0.717) is 0 Å². The molecular weight excluding hydrogens is 221 g/mol. The van der Waals surface area contributed by atoms with E-state index in [9.17, 15) is 4.48 Å². The van der Waals surface area contributed by atoms with Crippen molar-refractivity contribution in [3.05, 3.63) is 42.7 Å². The lowest BCUT2D eigenvalue weighted by Gasteiger charge is -2.03. The molecule has 0 aliphatic carbocycles. The number of ether oxygens (including phenoxy) is 1. The average Bonchev–Trinajstić information content (AvgIpc) is 2.19. The van der Waals surface area contributed by atoms with Crippen LogP contribution < -0.4 is 4.74 Å². The average molecular weight is 234 g/mol. The fourth-order valence-electron chi connectivity index (χ4n) is 0.869. The first-order valence-electron chi connectivity index (χ1n) is 4.11. The lowest BCUT2D eigenvalue weighted by molar-refractivity contribution is 0.137. The van der Waals surface area contributed by atoms with E-state index in [1.807, 2.05) is 0 Å². The SMILES string of the molecule is C=CO.COc1ccc(CN(F)Cl)cc1. The van der Waals surface area contributed by atoms with Crippen molar-refractivity contribution < 1.29 is 14.3 Å². The monoisotopic (exact) mass is 233 g/mol. The zero-order chi connectivity index (χ0) is 11.7. The van der Waals surface area contributed by atoms with Crippen molar-refractivity contribution in [3.63, 3.8) is 0 Å². The summed E-state index contributed by atoms with van der Waals surface area (Å²) in [4.78, 5) is 0. The van der Waals surface area contributed by atoms with Crippen LogP contribution in [0.5, 0.6) is 5.75 Å². The van der Waals surface area contributed by atoms with Crippen LogP contribution in [-0.4, -0.2) is 16.9 Å². The molecule has 0 aromatic heterocycles. The van der Waals surface area contributed by atoms with E-state index in [2.05, 4.69) is 6.58 Å². The summed E-state index contributed by atoms with van der Waals surface area (Å²) in [5.74, 6) is 0.749. The van der Waals surface area contributed by atoms with E-state index in [1.165, 1.54) is 0 Å². The van der Waals surface area contributed by atoms with Crippen LogP contribution in [0.25, 0.3) is 0 Å². The molecule has 0 fully saturated rings. The molecule has 0 spiro atoms. The first kappa shape index (κ1) is 13.7. The van der Waals surface area contributed by atoms with Gasteiger partial charge < -0.3 is 9.84 Å². The Morgan fingerprint density at radius 1 is 1.53 bits per heavy atom. The third-order valence-electron chi connectivity index (χ3n) is 1.46. The van der Waals surface area contributed by atoms with E-state index in [0.717, 1.165) is 17.6 Å². The molecule has 1 N–H and O–H groups in total. The van der Waals surface area contributed by atoms with Crippen LogP contribution in [0.3, 0.4) is 0 Å². The molecule has 1 aromatic rings. The van der Waals surface area contributed by atoms with Crippen LogP contribution in [0, 0.1) is 0 Å². The number of hydrogen-bond donors (Lipinski definition) is 1. The predicted molar refractivity (Wildman–Crippen MR) is 58.3 cm³/mol. The summed E-state index contributed by atoms with van der Waals surface area (Å²) in [5, 5.41) is 7.33. The summed E-state index contributed by atoms with van der Waals surface area (Å²) >= 11 is 5.02. The maximum absolute atomic E-state index is 12.1. The number of rotatable bonds is 3. The van der Waals surface area contributed by atoms with E-state index in [1.54, 1.807) is 31.4 Å². The van der Waals surface area contributed by atoms with Crippen LogP contribution in [-0.2, 0) is 6.54 Å². The zero-order valence-electron chi connectivity index (χ0n) is 8.36. The molecule has 84 valence electrons. The Morgan fingerprint density at radius 2 is 2.00 bits per heavy atom. The molecule has 0 aliphatic rings. The first-order valence-corrected chi connectivity index (χ1v) is 4.45. The molecule has 0 radical (unpaired) electrons. The fraction of sp³-hybridized carbons (Fsp3) is 0.200. The van der Waals surface area contributed by atoms with Gasteiger partial charge in [0.05, 0.1) is 19.9 Å². The van der Waals surface area contributed by atoms with Gasteiger partial charge in [0.1, 0.15) is 5.75 Å². The van der Waals surface area contributed by atoms with Crippen molar-refractivity contribution in [2.75, 3.05) is 7.11 Å². The minimum Gasteiger partial charge on any atom is -0.516 e. The molecule has 0 atom stereocenters. The lowest BCUT2D eigenvalue weighted by Crippen LogP contribution is -1.98. The quantitative estimate of drug-likeness (QED) is 0.643. The molecule has 0 saturated heterocycles. The normalized spacial score (nSPS) is 9.07. The van der Waals surface area contributed by atoms with Crippen LogP contribution in [0.4, 0.5) is 4.48 Å². The number of methoxy groups -OCH3 is 1. The number of aliphatic hydroxyl groups excluding tert-OH is 1. The standard InChI is InChI=1S/C8H9ClFNO.C2H4O/c1-12-8-4-2-7(3-5-8)6-11(9)10;1-2-3/h2-5H,6H2,1H3;2-3H,1H2. The van der Waals surface area contributed by atoms with Gasteiger partial charge in [0.2, 0.25) is 0 Å². The highest BCUT2D eigenvalue weighted by atomic mass is 35.5. The zero-order valence-corrected chi connectivity index (χ0v) is 9.12. The molecule has 0 bridgehead atoms. The molecule has 0 aliphatic heterocycles. The first-order chi connectivity index (χ1) is 7.13. The molecular formula is C10H13ClFNO2. The second-order valence-electron chi connectivity index (χ2n) is 2.49. The lowest BCUT2D eigenvalue weighted by atomic mass is 10.2. The predicted octanol–water partition coefficient (Wildman–Crippen LogP) is 3.22. The van der Waals surface area contributed by atoms with E-state index < -0.39 is 0 Å². The second-order valence-corrected chi connectivity index (χ2v) is 2.86. The summed E-state index contributed by atoms with van der Waals surface area (Å²) in [7, 11) is 1.58. The Morgan fingerprint density at radius 3 is 2.33 bits per heavy atom. The smallest absolute Gasteiger partial charge is 0.118 e. The molecule has 0 heterocycles. The molecule has 1 aromatic carbocycles. The van der Waals surface area contributed by atoms with Gasteiger partial charge in [-0.05, 0) is 17.7 Å². The third kappa shape index (κ3) is 6.76. The fourth-order valence-corrected chi connectivity index (χ4v) is 1.01. The number of aliphatic hydroxyl groups is 1. The summed E-state index contributed by atoms with van der Waals surface area (Å²) in [6.07, 6.45) is 0.750. The van der Waals surface area contributed by atoms with Gasteiger partial charge in [0.25, 0.3) is 0 Å². The number of benzene rings is 1. The molecule has 15 heavy (non-hydrogen) atoms. The van der Waals surface area contributed by atoms with Gasteiger partial charge in [-0.15, -0.1) is 4.48 Å². The second kappa shape index (κ2) is 8.08. The van der Waals surface area contributed by atoms with Crippen molar-refractivity contribution in [2.45, 2.75) is 6.54 Å². The number of nitrogens with zero attached hydrogens (tertiary/aromatic N) is 1. The van der Waals surface area contributed by atoms with Gasteiger partial charge in [0.15, 0.2) is 0 Å². The van der Waals surface area contributed by atoms with Crippen LogP contribution in [0.1, 0.15) is 5.56 Å². The van der Waals surface area contributed by atoms with Gasteiger partial charge in [-0.25, -0.2) is 0 Å². The topological polar surface area (TPSA) is 32.7 Å². The third-order valence-corrected chi connectivity index (χ3v) is 1.58. The van der Waals surface area contributed by atoms with Crippen molar-refractivity contribution in [2.24, 2.45) is 0 Å². The highest BCUT2D eigenvalue weighted by Gasteiger charge is 1.99. The van der Waals surface area contributed by atoms with E-state index in [4.69, 9.17) is 21.6 Å². The van der Waals surface area contributed by atoms with Gasteiger partial charge in [-0.3, -0.25) is 0 Å². The number of hydrogen-bond acceptors (Lipinski definition) is 3. The highest BCUT2D eigenvalue weighted by Crippen LogP contribution is 2.13.